The van der Waals surface area contributed by atoms with Gasteiger partial charge in [-0.3, -0.25) is 14.3 Å². The number of carbonyl (C=O) groups excluding carboxylic acids is 2. The van der Waals surface area contributed by atoms with E-state index >= 15 is 0 Å². The number of benzene rings is 2. The summed E-state index contributed by atoms with van der Waals surface area (Å²) in [7, 11) is -3.35. The molecule has 0 heterocycles. The summed E-state index contributed by atoms with van der Waals surface area (Å²) < 4.78 is 25.4. The molecule has 25 heavy (non-hydrogen) atoms. The van der Waals surface area contributed by atoms with Crippen LogP contribution in [0.5, 0.6) is 0 Å². The minimum absolute atomic E-state index is 0.0241. The second kappa shape index (κ2) is 7.80. The summed E-state index contributed by atoms with van der Waals surface area (Å²) >= 11 is 0. The maximum absolute atomic E-state index is 12.2. The summed E-state index contributed by atoms with van der Waals surface area (Å²) in [6.07, 6.45) is 0. The lowest BCUT2D eigenvalue weighted by atomic mass is 10.2. The van der Waals surface area contributed by atoms with Crippen molar-refractivity contribution in [3.05, 3.63) is 54.1 Å². The molecule has 8 heteroatoms. The monoisotopic (exact) mass is 361 g/mol. The molecular formula is C17H19N3O4S. The molecule has 0 fully saturated rings. The molecule has 7 nitrogen and oxygen atoms in total. The van der Waals surface area contributed by atoms with Gasteiger partial charge in [0.2, 0.25) is 15.9 Å². The van der Waals surface area contributed by atoms with Gasteiger partial charge in [0, 0.05) is 29.5 Å². The maximum atomic E-state index is 12.2. The first-order chi connectivity index (χ1) is 11.8. The van der Waals surface area contributed by atoms with Gasteiger partial charge in [0.25, 0.3) is 5.91 Å². The highest BCUT2D eigenvalue weighted by Crippen LogP contribution is 2.16. The number of sulfonamides is 1. The van der Waals surface area contributed by atoms with E-state index in [-0.39, 0.29) is 17.6 Å². The molecule has 0 aliphatic heterocycles. The lowest BCUT2D eigenvalue weighted by molar-refractivity contribution is -0.114. The van der Waals surface area contributed by atoms with Crippen molar-refractivity contribution in [1.82, 2.24) is 0 Å². The Hall–Kier alpha value is -2.87. The Bertz CT molecular complexity index is 860. The highest BCUT2D eigenvalue weighted by atomic mass is 32.2. The standard InChI is InChI=1S/C17H19N3O4S/c1-3-25(23,24)20-16-6-4-13(5-7-16)17(22)19-15-10-8-14(9-11-15)18-12(2)21/h4-11,20H,3H2,1-2H3,(H,18,21)(H,19,22). The van der Waals surface area contributed by atoms with Crippen LogP contribution in [0.2, 0.25) is 0 Å². The number of hydrogen-bond donors (Lipinski definition) is 3. The number of rotatable bonds is 6. The Kier molecular flexibility index (Phi) is 5.76. The molecule has 0 saturated heterocycles. The fourth-order valence-electron chi connectivity index (χ4n) is 1.98. The predicted molar refractivity (Wildman–Crippen MR) is 98.2 cm³/mol. The lowest BCUT2D eigenvalue weighted by Crippen LogP contribution is -2.15. The van der Waals surface area contributed by atoms with Crippen molar-refractivity contribution in [2.75, 3.05) is 21.1 Å². The van der Waals surface area contributed by atoms with Gasteiger partial charge in [-0.1, -0.05) is 0 Å². The molecule has 0 atom stereocenters. The van der Waals surface area contributed by atoms with E-state index in [0.29, 0.717) is 22.6 Å². The molecule has 3 N–H and O–H groups in total. The Morgan fingerprint density at radius 3 is 1.80 bits per heavy atom. The van der Waals surface area contributed by atoms with Crippen molar-refractivity contribution in [2.45, 2.75) is 13.8 Å². The first-order valence-electron chi connectivity index (χ1n) is 7.58. The van der Waals surface area contributed by atoms with Crippen LogP contribution >= 0.6 is 0 Å². The predicted octanol–water partition coefficient (Wildman–Crippen LogP) is 2.66. The molecule has 0 saturated carbocycles. The average molecular weight is 361 g/mol. The van der Waals surface area contributed by atoms with Crippen LogP contribution in [-0.2, 0) is 14.8 Å². The fraction of sp³-hybridized carbons (Fsp3) is 0.176. The first-order valence-corrected chi connectivity index (χ1v) is 9.24. The molecule has 2 aromatic carbocycles. The van der Waals surface area contributed by atoms with Crippen molar-refractivity contribution in [3.63, 3.8) is 0 Å². The second-order valence-electron chi connectivity index (χ2n) is 5.30. The van der Waals surface area contributed by atoms with Gasteiger partial charge in [-0.2, -0.15) is 0 Å². The zero-order chi connectivity index (χ0) is 18.4. The molecule has 0 bridgehead atoms. The summed E-state index contributed by atoms with van der Waals surface area (Å²) in [5.41, 5.74) is 2.01. The van der Waals surface area contributed by atoms with E-state index in [0.717, 1.165) is 0 Å². The van der Waals surface area contributed by atoms with Gasteiger partial charge in [-0.25, -0.2) is 8.42 Å². The number of nitrogens with one attached hydrogen (secondary N) is 3. The van der Waals surface area contributed by atoms with Gasteiger partial charge in [-0.05, 0) is 55.5 Å². The van der Waals surface area contributed by atoms with Gasteiger partial charge < -0.3 is 10.6 Å². The van der Waals surface area contributed by atoms with Crippen LogP contribution in [0.3, 0.4) is 0 Å². The van der Waals surface area contributed by atoms with E-state index in [4.69, 9.17) is 0 Å². The number of anilines is 3. The van der Waals surface area contributed by atoms with E-state index in [2.05, 4.69) is 15.4 Å². The zero-order valence-corrected chi connectivity index (χ0v) is 14.7. The third kappa shape index (κ3) is 5.61. The van der Waals surface area contributed by atoms with Crippen molar-refractivity contribution in [3.8, 4) is 0 Å². The van der Waals surface area contributed by atoms with Crippen LogP contribution in [0.25, 0.3) is 0 Å². The summed E-state index contributed by atoms with van der Waals surface area (Å²) in [6.45, 7) is 2.96. The van der Waals surface area contributed by atoms with Crippen molar-refractivity contribution in [2.24, 2.45) is 0 Å². The summed E-state index contributed by atoms with van der Waals surface area (Å²) in [6, 6.07) is 12.8. The molecule has 0 aliphatic carbocycles. The molecule has 0 aromatic heterocycles. The van der Waals surface area contributed by atoms with Gasteiger partial charge >= 0.3 is 0 Å². The van der Waals surface area contributed by atoms with Crippen LogP contribution in [0.1, 0.15) is 24.2 Å². The molecule has 2 rings (SSSR count). The summed E-state index contributed by atoms with van der Waals surface area (Å²) in [5.74, 6) is -0.517. The Labute approximate surface area is 146 Å². The molecule has 0 spiro atoms. The lowest BCUT2D eigenvalue weighted by Gasteiger charge is -2.09. The molecule has 0 radical (unpaired) electrons. The van der Waals surface area contributed by atoms with Crippen molar-refractivity contribution in [1.29, 1.82) is 0 Å². The number of hydrogen-bond acceptors (Lipinski definition) is 4. The molecule has 2 aromatic rings. The number of amides is 2. The molecular weight excluding hydrogens is 342 g/mol. The smallest absolute Gasteiger partial charge is 0.255 e. The van der Waals surface area contributed by atoms with E-state index in [9.17, 15) is 18.0 Å². The molecule has 2 amide bonds. The van der Waals surface area contributed by atoms with Gasteiger partial charge in [0.1, 0.15) is 0 Å². The van der Waals surface area contributed by atoms with E-state index in [1.54, 1.807) is 31.2 Å². The van der Waals surface area contributed by atoms with E-state index in [1.165, 1.54) is 31.2 Å². The van der Waals surface area contributed by atoms with Crippen LogP contribution in [0.15, 0.2) is 48.5 Å². The Balaban J connectivity index is 2.02. The van der Waals surface area contributed by atoms with E-state index < -0.39 is 10.0 Å². The average Bonchev–Trinajstić information content (AvgIpc) is 2.56. The first kappa shape index (κ1) is 18.5. The van der Waals surface area contributed by atoms with Crippen molar-refractivity contribution < 1.29 is 18.0 Å². The molecule has 0 unspecified atom stereocenters. The second-order valence-corrected chi connectivity index (χ2v) is 7.31. The molecule has 132 valence electrons. The van der Waals surface area contributed by atoms with Crippen LogP contribution in [0, 0.1) is 0 Å². The maximum Gasteiger partial charge on any atom is 0.255 e. The van der Waals surface area contributed by atoms with Gasteiger partial charge in [0.05, 0.1) is 5.75 Å². The normalized spacial score (nSPS) is 10.8. The third-order valence-electron chi connectivity index (χ3n) is 3.26. The van der Waals surface area contributed by atoms with Gasteiger partial charge in [-0.15, -0.1) is 0 Å². The van der Waals surface area contributed by atoms with Crippen LogP contribution in [-0.4, -0.2) is 26.0 Å². The minimum atomic E-state index is -3.35. The minimum Gasteiger partial charge on any atom is -0.326 e. The SMILES string of the molecule is CCS(=O)(=O)Nc1ccc(C(=O)Nc2ccc(NC(C)=O)cc2)cc1. The quantitative estimate of drug-likeness (QED) is 0.736. The topological polar surface area (TPSA) is 104 Å². The zero-order valence-electron chi connectivity index (χ0n) is 13.9. The van der Waals surface area contributed by atoms with Crippen molar-refractivity contribution >= 4 is 38.9 Å². The largest absolute Gasteiger partial charge is 0.326 e. The highest BCUT2D eigenvalue weighted by molar-refractivity contribution is 7.92. The summed E-state index contributed by atoms with van der Waals surface area (Å²) in [4.78, 5) is 23.2. The summed E-state index contributed by atoms with van der Waals surface area (Å²) in [5, 5.41) is 5.37. The molecule has 0 aliphatic rings. The number of carbonyl (C=O) groups is 2. The highest BCUT2D eigenvalue weighted by Gasteiger charge is 2.09. The van der Waals surface area contributed by atoms with Crippen LogP contribution < -0.4 is 15.4 Å². The third-order valence-corrected chi connectivity index (χ3v) is 4.57. The fourth-order valence-corrected chi connectivity index (χ4v) is 2.62. The van der Waals surface area contributed by atoms with E-state index in [1.807, 2.05) is 0 Å². The Morgan fingerprint density at radius 1 is 0.840 bits per heavy atom. The van der Waals surface area contributed by atoms with Gasteiger partial charge in [0.15, 0.2) is 0 Å². The Morgan fingerprint density at radius 2 is 1.32 bits per heavy atom. The van der Waals surface area contributed by atoms with Crippen LogP contribution in [0.4, 0.5) is 17.1 Å².